The summed E-state index contributed by atoms with van der Waals surface area (Å²) in [5.74, 6) is -5.29. The molecule has 0 spiro atoms. The number of aryl methyl sites for hydroxylation is 3. The molecule has 0 saturated carbocycles. The van der Waals surface area contributed by atoms with E-state index < -0.39 is 42.2 Å². The number of fused-ring (bicyclic) bond motifs is 3. The Labute approximate surface area is 844 Å². The van der Waals surface area contributed by atoms with E-state index in [4.69, 9.17) is 18.9 Å². The van der Waals surface area contributed by atoms with Crippen LogP contribution in [0.1, 0.15) is 240 Å². The van der Waals surface area contributed by atoms with Gasteiger partial charge in [-0.15, -0.1) is 0 Å². The lowest BCUT2D eigenvalue weighted by Gasteiger charge is -2.29. The van der Waals surface area contributed by atoms with Crippen molar-refractivity contribution in [2.45, 2.75) is 220 Å². The summed E-state index contributed by atoms with van der Waals surface area (Å²) in [7, 11) is 4.90. The molecule has 760 valence electrons. The van der Waals surface area contributed by atoms with Gasteiger partial charge in [-0.05, 0) is 247 Å². The molecule has 38 heteroatoms. The number of likely N-dealkylation sites (tertiary alicyclic amines) is 3. The molecule has 15 rings (SSSR count). The molecule has 3 aromatic carbocycles. The van der Waals surface area contributed by atoms with Crippen LogP contribution >= 0.6 is 35.3 Å². The Morgan fingerprint density at radius 2 is 0.692 bits per heavy atom. The van der Waals surface area contributed by atoms with Crippen molar-refractivity contribution in [3.05, 3.63) is 189 Å². The number of hydrogen-bond acceptors (Lipinski definition) is 26. The summed E-state index contributed by atoms with van der Waals surface area (Å²) < 4.78 is 21.4. The number of ether oxygens (including phenoxy) is 4. The number of nitrogens with one attached hydrogen (secondary N) is 9. The molecule has 6 aromatic rings. The van der Waals surface area contributed by atoms with Gasteiger partial charge in [0.2, 0.25) is 0 Å². The number of anilines is 3. The first-order chi connectivity index (χ1) is 68.3. The first-order valence-corrected chi connectivity index (χ1v) is 51.4. The van der Waals surface area contributed by atoms with Gasteiger partial charge in [0.15, 0.2) is 29.9 Å². The second-order valence-electron chi connectivity index (χ2n) is 36.9. The third-order valence-corrected chi connectivity index (χ3v) is 30.4. The summed E-state index contributed by atoms with van der Waals surface area (Å²) in [6, 6.07) is 15.8. The molecule has 0 bridgehead atoms. The Morgan fingerprint density at radius 1 is 0.406 bits per heavy atom. The summed E-state index contributed by atoms with van der Waals surface area (Å²) >= 11 is 3.97. The SMILES string of the molecule is CCCNC(=O)c1c(C)[nH]c(/C=C2\C(=O)Nc3ccc(CC(=O)C(C)OC(=O)/C=C4/SC(N5CCCCC5)C(=O)N4C)cc32)c1C.CCCNC(=O)c1c(C)[nH]c(/C=C2\C(=O)Nc3ccc(CC(=O)C(C)OC(=O)/C=C4\SC(N5CCCCC5)C(=O)N4C)cc32)c1C.CCCNC(=O)c1c(C)[nH]c(/C=C2\C(=O)Nc3ccc(CC(=O)CCOC(=O)C(C)OC(=O)/C=C4\SC(N5CCCCC5)C(=O)N4C)cc32)c1C. The zero-order valence-corrected chi connectivity index (χ0v) is 86.0. The third-order valence-electron chi connectivity index (χ3n) is 26.3. The number of ketones is 3. The zero-order chi connectivity index (χ0) is 103. The molecule has 35 nitrogen and oxygen atoms in total. The van der Waals surface area contributed by atoms with Crippen molar-refractivity contribution in [2.75, 3.05) is 103 Å². The van der Waals surface area contributed by atoms with Crippen LogP contribution in [0.3, 0.4) is 0 Å². The van der Waals surface area contributed by atoms with E-state index in [1.54, 1.807) is 94.0 Å². The largest absolute Gasteiger partial charge is 0.462 e. The summed E-state index contributed by atoms with van der Waals surface area (Å²) in [4.78, 5) is 225. The van der Waals surface area contributed by atoms with Crippen LogP contribution in [0.2, 0.25) is 0 Å². The monoisotopic (exact) mass is 2010 g/mol. The van der Waals surface area contributed by atoms with Gasteiger partial charge in [-0.2, -0.15) is 0 Å². The molecule has 6 fully saturated rings. The number of benzene rings is 3. The minimum Gasteiger partial charge on any atom is -0.462 e. The molecule has 9 amide bonds. The number of esters is 4. The number of thioether (sulfide) groups is 3. The lowest BCUT2D eigenvalue weighted by atomic mass is 9.99. The maximum atomic E-state index is 13.1. The molecule has 9 N–H and O–H groups in total. The molecule has 12 heterocycles. The molecule has 6 saturated heterocycles. The van der Waals surface area contributed by atoms with E-state index in [-0.39, 0.29) is 119 Å². The van der Waals surface area contributed by atoms with Crippen LogP contribution in [0.25, 0.3) is 34.9 Å². The van der Waals surface area contributed by atoms with Gasteiger partial charge >= 0.3 is 23.9 Å². The van der Waals surface area contributed by atoms with Crippen LogP contribution in [0.5, 0.6) is 0 Å². The van der Waals surface area contributed by atoms with Crippen LogP contribution in [-0.4, -0.2) is 260 Å². The fourth-order valence-electron chi connectivity index (χ4n) is 18.2. The molecule has 6 unspecified atom stereocenters. The number of rotatable bonds is 33. The van der Waals surface area contributed by atoms with E-state index in [1.165, 1.54) is 89.0 Å². The number of likely N-dealkylation sites (N-methyl/N-ethyl adjacent to an activating group) is 3. The van der Waals surface area contributed by atoms with Gasteiger partial charge in [-0.25, -0.2) is 19.2 Å². The van der Waals surface area contributed by atoms with Crippen molar-refractivity contribution < 1.29 is 95.7 Å². The molecule has 9 aliphatic rings. The molecule has 9 aliphatic heterocycles. The number of H-pyrrole nitrogens is 3. The summed E-state index contributed by atoms with van der Waals surface area (Å²) in [5.41, 5.74) is 15.0. The average Bonchev–Trinajstić information content (AvgIpc) is 1.63. The van der Waals surface area contributed by atoms with Crippen LogP contribution < -0.4 is 31.9 Å². The quantitative estimate of drug-likeness (QED) is 0.0105. The first kappa shape index (κ1) is 107. The van der Waals surface area contributed by atoms with Crippen molar-refractivity contribution in [3.8, 4) is 0 Å². The standard InChI is InChI=1S/C37H45N5O8S.2C34H41N5O6S/c1-6-13-38-34(46)32-21(2)29(39-22(32)3)19-27-26-18-24(10-11-28(26)40-33(27)45)17-25(43)12-16-49-37(48)23(4)50-31(44)20-30-41(5)35(47)36(51-30)42-14-8-7-9-15-42;2*1-6-12-35-32(43)30-19(2)26(36-20(30)3)17-24-23-15-22(10-11-25(23)37-31(24)42)16-27(40)21(4)45-29(41)18-28-38(5)33(44)34(46-28)39-13-8-7-9-14-39/h10-11,18-20,23,36,39H,6-9,12-17H2,1-5H3,(H,38,46)(H,40,45);2*10-11,15,17-18,21,34,36H,6-9,12-14,16H2,1-5H3,(H,35,43)(H,37,42)/b27-19-,30-20-;24-17-,28-18+;24-17-,28-18-. The van der Waals surface area contributed by atoms with Gasteiger partial charge < -0.3 is 80.5 Å². The van der Waals surface area contributed by atoms with Crippen molar-refractivity contribution >= 4 is 182 Å². The Kier molecular flexibility index (Phi) is 36.3. The Balaban J connectivity index is 0.000000180. The summed E-state index contributed by atoms with van der Waals surface area (Å²) in [6.07, 6.45) is 17.9. The third kappa shape index (κ3) is 25.8. The maximum absolute atomic E-state index is 13.1. The number of carbonyl (C=O) groups is 16. The highest BCUT2D eigenvalue weighted by Crippen LogP contribution is 2.43. The zero-order valence-electron chi connectivity index (χ0n) is 83.6. The summed E-state index contributed by atoms with van der Waals surface area (Å²) in [5, 5.41) is 17.6. The van der Waals surface area contributed by atoms with E-state index in [1.807, 2.05) is 62.3 Å². The number of piperidine rings is 3. The smallest absolute Gasteiger partial charge is 0.347 e. The average molecular weight is 2020 g/mol. The molecule has 6 atom stereocenters. The lowest BCUT2D eigenvalue weighted by Crippen LogP contribution is -2.42. The number of aromatic nitrogens is 3. The topological polar surface area (TPSA) is 449 Å². The predicted octanol–water partition coefficient (Wildman–Crippen LogP) is 12.4. The fourth-order valence-corrected chi connectivity index (χ4v) is 22.0. The second-order valence-corrected chi connectivity index (χ2v) is 40.2. The predicted molar refractivity (Wildman–Crippen MR) is 549 cm³/mol. The van der Waals surface area contributed by atoms with Gasteiger partial charge in [-0.1, -0.05) is 93.5 Å². The van der Waals surface area contributed by atoms with Crippen LogP contribution in [-0.2, 0) is 101 Å². The molecule has 0 aliphatic carbocycles. The second kappa shape index (κ2) is 48.4. The minimum atomic E-state index is -1.21. The highest BCUT2D eigenvalue weighted by atomic mass is 32.2. The molecular formula is C105H127N15O20S3. The number of Topliss-reactive ketones (excluding diaryl/α,β-unsaturated/α-hetero) is 3. The molecule has 143 heavy (non-hydrogen) atoms. The van der Waals surface area contributed by atoms with Gasteiger partial charge in [0.05, 0.1) is 73.3 Å². The first-order valence-electron chi connectivity index (χ1n) is 48.8. The van der Waals surface area contributed by atoms with Crippen LogP contribution in [0.4, 0.5) is 17.1 Å². The Morgan fingerprint density at radius 3 is 0.986 bits per heavy atom. The van der Waals surface area contributed by atoms with E-state index in [2.05, 4.69) is 61.6 Å². The normalized spacial score (nSPS) is 20.3. The maximum Gasteiger partial charge on any atom is 0.347 e. The molecule has 0 radical (unpaired) electrons. The van der Waals surface area contributed by atoms with Crippen molar-refractivity contribution in [3.63, 3.8) is 0 Å². The highest BCUT2D eigenvalue weighted by Gasteiger charge is 2.44. The Bertz CT molecular complexity index is 5990. The van der Waals surface area contributed by atoms with Crippen molar-refractivity contribution in [2.24, 2.45) is 0 Å². The number of aromatic amines is 3. The van der Waals surface area contributed by atoms with Crippen molar-refractivity contribution in [1.29, 1.82) is 0 Å². The van der Waals surface area contributed by atoms with Crippen LogP contribution in [0.15, 0.2) is 87.9 Å². The number of carbonyl (C=O) groups excluding carboxylic acids is 16. The highest BCUT2D eigenvalue weighted by molar-refractivity contribution is 8.05. The Hall–Kier alpha value is -13.0. The van der Waals surface area contributed by atoms with Gasteiger partial charge in [0.1, 0.15) is 21.9 Å². The van der Waals surface area contributed by atoms with E-state index in [9.17, 15) is 76.7 Å². The van der Waals surface area contributed by atoms with E-state index in [0.29, 0.717) is 153 Å². The molecular weight excluding hydrogens is 1890 g/mol. The molecule has 3 aromatic heterocycles. The van der Waals surface area contributed by atoms with E-state index in [0.717, 1.165) is 133 Å². The number of amides is 9. The fraction of sp³-hybridized carbons (Fsp3) is 0.448. The van der Waals surface area contributed by atoms with Gasteiger partial charge in [0.25, 0.3) is 53.2 Å². The van der Waals surface area contributed by atoms with Gasteiger partial charge in [-0.3, -0.25) is 72.2 Å². The van der Waals surface area contributed by atoms with Gasteiger partial charge in [0, 0.05) is 134 Å². The number of hydrogen-bond donors (Lipinski definition) is 9. The summed E-state index contributed by atoms with van der Waals surface area (Å²) in [6.45, 7) is 28.0. The van der Waals surface area contributed by atoms with E-state index >= 15 is 0 Å². The van der Waals surface area contributed by atoms with Crippen molar-refractivity contribution in [1.82, 2.24) is 60.3 Å². The van der Waals surface area contributed by atoms with Crippen LogP contribution in [0, 0.1) is 41.5 Å². The minimum absolute atomic E-state index is 0.00761. The number of nitrogens with zero attached hydrogens (tertiary/aromatic N) is 6. The lowest BCUT2D eigenvalue weighted by molar-refractivity contribution is -0.164.